The Morgan fingerprint density at radius 1 is 1.26 bits per heavy atom. The average Bonchev–Trinajstić information content (AvgIpc) is 2.30. The molecule has 0 aliphatic rings. The number of hydrogen-bond donors (Lipinski definition) is 2. The summed E-state index contributed by atoms with van der Waals surface area (Å²) in [6.07, 6.45) is 0. The van der Waals surface area contributed by atoms with Crippen LogP contribution in [0, 0.1) is 24.5 Å². The third-order valence-corrected chi connectivity index (χ3v) is 2.73. The highest BCUT2D eigenvalue weighted by molar-refractivity contribution is 5.97. The van der Waals surface area contributed by atoms with Crippen molar-refractivity contribution in [2.75, 3.05) is 0 Å². The van der Waals surface area contributed by atoms with Crippen molar-refractivity contribution in [2.45, 2.75) is 26.8 Å². The standard InChI is InChI=1S/C13H15F2NO3/c1-6(2)11(13(18)19)16-12(17)9-8(14)5-4-7(3)10(9)15/h4-6,11H,1-3H3,(H,16,17)(H,18,19)/t11-/m0/s1. The summed E-state index contributed by atoms with van der Waals surface area (Å²) in [7, 11) is 0. The van der Waals surface area contributed by atoms with Gasteiger partial charge in [0.2, 0.25) is 0 Å². The molecular weight excluding hydrogens is 256 g/mol. The second kappa shape index (κ2) is 5.77. The molecule has 0 aliphatic heterocycles. The van der Waals surface area contributed by atoms with E-state index in [1.54, 1.807) is 13.8 Å². The predicted octanol–water partition coefficient (Wildman–Crippen LogP) is 2.11. The van der Waals surface area contributed by atoms with Crippen molar-refractivity contribution in [3.8, 4) is 0 Å². The number of hydrogen-bond acceptors (Lipinski definition) is 2. The van der Waals surface area contributed by atoms with E-state index in [4.69, 9.17) is 5.11 Å². The van der Waals surface area contributed by atoms with Crippen molar-refractivity contribution in [2.24, 2.45) is 5.92 Å². The van der Waals surface area contributed by atoms with Crippen LogP contribution in [-0.2, 0) is 4.79 Å². The molecule has 1 aromatic carbocycles. The molecule has 0 aliphatic carbocycles. The summed E-state index contributed by atoms with van der Waals surface area (Å²) < 4.78 is 27.2. The van der Waals surface area contributed by atoms with E-state index in [1.807, 2.05) is 0 Å². The van der Waals surface area contributed by atoms with Crippen LogP contribution in [0.25, 0.3) is 0 Å². The van der Waals surface area contributed by atoms with E-state index in [1.165, 1.54) is 13.0 Å². The minimum atomic E-state index is -1.25. The van der Waals surface area contributed by atoms with E-state index in [0.29, 0.717) is 0 Å². The molecule has 0 aromatic heterocycles. The first kappa shape index (κ1) is 15.1. The first-order valence-corrected chi connectivity index (χ1v) is 5.74. The summed E-state index contributed by atoms with van der Waals surface area (Å²) in [5, 5.41) is 11.1. The van der Waals surface area contributed by atoms with Gasteiger partial charge < -0.3 is 10.4 Å². The maximum atomic E-state index is 13.7. The monoisotopic (exact) mass is 271 g/mol. The van der Waals surface area contributed by atoms with Gasteiger partial charge in [0, 0.05) is 0 Å². The van der Waals surface area contributed by atoms with Gasteiger partial charge in [-0.2, -0.15) is 0 Å². The quantitative estimate of drug-likeness (QED) is 0.881. The zero-order valence-electron chi connectivity index (χ0n) is 10.8. The second-order valence-electron chi connectivity index (χ2n) is 4.59. The Kier molecular flexibility index (Phi) is 4.58. The summed E-state index contributed by atoms with van der Waals surface area (Å²) in [5.74, 6) is -4.73. The van der Waals surface area contributed by atoms with Crippen molar-refractivity contribution < 1.29 is 23.5 Å². The van der Waals surface area contributed by atoms with Gasteiger partial charge in [-0.25, -0.2) is 13.6 Å². The summed E-state index contributed by atoms with van der Waals surface area (Å²) in [6, 6.07) is 0.976. The Morgan fingerprint density at radius 3 is 2.32 bits per heavy atom. The van der Waals surface area contributed by atoms with Crippen molar-refractivity contribution in [1.29, 1.82) is 0 Å². The average molecular weight is 271 g/mol. The highest BCUT2D eigenvalue weighted by Crippen LogP contribution is 2.17. The van der Waals surface area contributed by atoms with E-state index in [2.05, 4.69) is 5.32 Å². The third kappa shape index (κ3) is 3.27. The molecule has 1 amide bonds. The predicted molar refractivity (Wildman–Crippen MR) is 64.8 cm³/mol. The number of carboxylic acids is 1. The first-order chi connectivity index (χ1) is 8.75. The molecule has 0 saturated carbocycles. The lowest BCUT2D eigenvalue weighted by molar-refractivity contribution is -0.140. The van der Waals surface area contributed by atoms with Gasteiger partial charge in [-0.1, -0.05) is 19.9 Å². The second-order valence-corrected chi connectivity index (χ2v) is 4.59. The fraction of sp³-hybridized carbons (Fsp3) is 0.385. The summed E-state index contributed by atoms with van der Waals surface area (Å²) in [6.45, 7) is 4.56. The number of aryl methyl sites for hydroxylation is 1. The number of nitrogens with one attached hydrogen (secondary N) is 1. The molecule has 6 heteroatoms. The lowest BCUT2D eigenvalue weighted by Gasteiger charge is -2.18. The van der Waals surface area contributed by atoms with Gasteiger partial charge >= 0.3 is 5.97 Å². The molecule has 2 N–H and O–H groups in total. The van der Waals surface area contributed by atoms with E-state index in [-0.39, 0.29) is 5.56 Å². The van der Waals surface area contributed by atoms with Gasteiger partial charge in [0.05, 0.1) is 0 Å². The van der Waals surface area contributed by atoms with Crippen LogP contribution in [0.3, 0.4) is 0 Å². The highest BCUT2D eigenvalue weighted by Gasteiger charge is 2.27. The van der Waals surface area contributed by atoms with Gasteiger partial charge in [-0.3, -0.25) is 4.79 Å². The molecule has 1 aromatic rings. The molecular formula is C13H15F2NO3. The number of benzene rings is 1. The molecule has 0 bridgehead atoms. The summed E-state index contributed by atoms with van der Waals surface area (Å²) in [4.78, 5) is 22.7. The number of carbonyl (C=O) groups is 2. The van der Waals surface area contributed by atoms with Crippen LogP contribution in [-0.4, -0.2) is 23.0 Å². The van der Waals surface area contributed by atoms with Crippen LogP contribution < -0.4 is 5.32 Å². The molecule has 0 unspecified atom stereocenters. The fourth-order valence-corrected chi connectivity index (χ4v) is 1.59. The Bertz CT molecular complexity index is 515. The van der Waals surface area contributed by atoms with Crippen molar-refractivity contribution >= 4 is 11.9 Å². The molecule has 0 spiro atoms. The van der Waals surface area contributed by atoms with E-state index in [0.717, 1.165) is 6.07 Å². The molecule has 4 nitrogen and oxygen atoms in total. The van der Waals surface area contributed by atoms with Gasteiger partial charge in [-0.05, 0) is 24.5 Å². The Morgan fingerprint density at radius 2 is 1.84 bits per heavy atom. The molecule has 0 fully saturated rings. The first-order valence-electron chi connectivity index (χ1n) is 5.74. The number of carboxylic acid groups (broad SMARTS) is 1. The third-order valence-electron chi connectivity index (χ3n) is 2.73. The van der Waals surface area contributed by atoms with Crippen molar-refractivity contribution in [1.82, 2.24) is 5.32 Å². The summed E-state index contributed by atoms with van der Waals surface area (Å²) >= 11 is 0. The van der Waals surface area contributed by atoms with E-state index in [9.17, 15) is 18.4 Å². The van der Waals surface area contributed by atoms with Crippen LogP contribution in [0.15, 0.2) is 12.1 Å². The highest BCUT2D eigenvalue weighted by atomic mass is 19.1. The number of amides is 1. The zero-order valence-corrected chi connectivity index (χ0v) is 10.8. The minimum absolute atomic E-state index is 0.114. The van der Waals surface area contributed by atoms with Gasteiger partial charge in [0.25, 0.3) is 5.91 Å². The van der Waals surface area contributed by atoms with Gasteiger partial charge in [0.1, 0.15) is 23.2 Å². The van der Waals surface area contributed by atoms with E-state index < -0.39 is 41.0 Å². The molecule has 1 atom stereocenters. The van der Waals surface area contributed by atoms with Crippen LogP contribution in [0.5, 0.6) is 0 Å². The molecule has 1 rings (SSSR count). The number of carbonyl (C=O) groups excluding carboxylic acids is 1. The molecule has 0 radical (unpaired) electrons. The maximum Gasteiger partial charge on any atom is 0.326 e. The SMILES string of the molecule is Cc1ccc(F)c(C(=O)N[C@H](C(=O)O)C(C)C)c1F. The lowest BCUT2D eigenvalue weighted by Crippen LogP contribution is -2.44. The minimum Gasteiger partial charge on any atom is -0.480 e. The summed E-state index contributed by atoms with van der Waals surface area (Å²) in [5.41, 5.74) is -0.644. The van der Waals surface area contributed by atoms with Crippen molar-refractivity contribution in [3.63, 3.8) is 0 Å². The maximum absolute atomic E-state index is 13.7. The Balaban J connectivity index is 3.08. The molecule has 104 valence electrons. The number of rotatable bonds is 4. The zero-order chi connectivity index (χ0) is 14.7. The topological polar surface area (TPSA) is 66.4 Å². The lowest BCUT2D eigenvalue weighted by atomic mass is 10.0. The number of halogens is 2. The Hall–Kier alpha value is -1.98. The fourth-order valence-electron chi connectivity index (χ4n) is 1.59. The van der Waals surface area contributed by atoms with Gasteiger partial charge in [0.15, 0.2) is 0 Å². The number of aliphatic carboxylic acids is 1. The van der Waals surface area contributed by atoms with Crippen LogP contribution in [0.1, 0.15) is 29.8 Å². The van der Waals surface area contributed by atoms with Crippen LogP contribution in [0.4, 0.5) is 8.78 Å². The van der Waals surface area contributed by atoms with Crippen LogP contribution in [0.2, 0.25) is 0 Å². The normalized spacial score (nSPS) is 12.3. The van der Waals surface area contributed by atoms with Gasteiger partial charge in [-0.15, -0.1) is 0 Å². The largest absolute Gasteiger partial charge is 0.480 e. The van der Waals surface area contributed by atoms with E-state index >= 15 is 0 Å². The smallest absolute Gasteiger partial charge is 0.326 e. The molecule has 0 saturated heterocycles. The molecule has 19 heavy (non-hydrogen) atoms. The molecule has 0 heterocycles. The van der Waals surface area contributed by atoms with Crippen LogP contribution >= 0.6 is 0 Å². The van der Waals surface area contributed by atoms with Crippen molar-refractivity contribution in [3.05, 3.63) is 34.9 Å². The Labute approximate surface area is 109 Å².